The molecular formula is C14H15N3O2. The SMILES string of the molecule is O=C(Cn1nc2n(c1=O)CCCC2)c1ccccc1. The van der Waals surface area contributed by atoms with Gasteiger partial charge in [-0.1, -0.05) is 30.3 Å². The summed E-state index contributed by atoms with van der Waals surface area (Å²) in [6.45, 7) is 0.733. The molecule has 0 bridgehead atoms. The van der Waals surface area contributed by atoms with Gasteiger partial charge in [0, 0.05) is 18.5 Å². The zero-order chi connectivity index (χ0) is 13.2. The second kappa shape index (κ2) is 4.84. The summed E-state index contributed by atoms with van der Waals surface area (Å²) in [5.41, 5.74) is 0.444. The highest BCUT2D eigenvalue weighted by molar-refractivity contribution is 5.95. The molecule has 2 heterocycles. The van der Waals surface area contributed by atoms with Crippen LogP contribution in [0.4, 0.5) is 0 Å². The van der Waals surface area contributed by atoms with E-state index >= 15 is 0 Å². The molecule has 0 radical (unpaired) electrons. The molecule has 5 heteroatoms. The Hall–Kier alpha value is -2.17. The smallest absolute Gasteiger partial charge is 0.292 e. The van der Waals surface area contributed by atoms with Crippen LogP contribution in [-0.4, -0.2) is 20.1 Å². The van der Waals surface area contributed by atoms with Crippen molar-refractivity contribution in [1.82, 2.24) is 14.3 Å². The summed E-state index contributed by atoms with van der Waals surface area (Å²) in [6.07, 6.45) is 2.89. The van der Waals surface area contributed by atoms with Crippen molar-refractivity contribution >= 4 is 5.78 Å². The van der Waals surface area contributed by atoms with Crippen LogP contribution in [0.2, 0.25) is 0 Å². The van der Waals surface area contributed by atoms with Gasteiger partial charge in [0.2, 0.25) is 0 Å². The van der Waals surface area contributed by atoms with Crippen LogP contribution in [0.5, 0.6) is 0 Å². The predicted molar refractivity (Wildman–Crippen MR) is 70.2 cm³/mol. The fourth-order valence-corrected chi connectivity index (χ4v) is 2.40. The third kappa shape index (κ3) is 2.23. The van der Waals surface area contributed by atoms with Crippen molar-refractivity contribution in [3.05, 3.63) is 52.2 Å². The van der Waals surface area contributed by atoms with Crippen LogP contribution in [0.15, 0.2) is 35.1 Å². The molecule has 0 unspecified atom stereocenters. The summed E-state index contributed by atoms with van der Waals surface area (Å²) in [6, 6.07) is 8.99. The van der Waals surface area contributed by atoms with Crippen molar-refractivity contribution in [1.29, 1.82) is 0 Å². The summed E-state index contributed by atoms with van der Waals surface area (Å²) in [5, 5.41) is 4.26. The molecule has 1 aromatic carbocycles. The van der Waals surface area contributed by atoms with Crippen LogP contribution in [0.1, 0.15) is 29.0 Å². The number of carbonyl (C=O) groups excluding carboxylic acids is 1. The molecule has 3 rings (SSSR count). The lowest BCUT2D eigenvalue weighted by molar-refractivity contribution is 0.0966. The molecule has 1 aliphatic rings. The van der Waals surface area contributed by atoms with E-state index < -0.39 is 0 Å². The number of nitrogens with zero attached hydrogens (tertiary/aromatic N) is 3. The maximum Gasteiger partial charge on any atom is 0.346 e. The number of aromatic nitrogens is 3. The van der Waals surface area contributed by atoms with Gasteiger partial charge in [0.05, 0.1) is 0 Å². The quantitative estimate of drug-likeness (QED) is 0.778. The lowest BCUT2D eigenvalue weighted by Crippen LogP contribution is -2.29. The first-order chi connectivity index (χ1) is 9.25. The predicted octanol–water partition coefficient (Wildman–Crippen LogP) is 1.26. The topological polar surface area (TPSA) is 56.9 Å². The fraction of sp³-hybridized carbons (Fsp3) is 0.357. The highest BCUT2D eigenvalue weighted by Gasteiger charge is 2.18. The Labute approximate surface area is 110 Å². The minimum Gasteiger partial charge on any atom is -0.292 e. The molecule has 0 atom stereocenters. The zero-order valence-electron chi connectivity index (χ0n) is 10.6. The van der Waals surface area contributed by atoms with Crippen molar-refractivity contribution in [2.45, 2.75) is 32.4 Å². The summed E-state index contributed by atoms with van der Waals surface area (Å²) in [4.78, 5) is 24.2. The van der Waals surface area contributed by atoms with Gasteiger partial charge in [0.15, 0.2) is 5.78 Å². The van der Waals surface area contributed by atoms with Gasteiger partial charge in [-0.05, 0) is 12.8 Å². The van der Waals surface area contributed by atoms with Crippen LogP contribution in [0, 0.1) is 0 Å². The van der Waals surface area contributed by atoms with Gasteiger partial charge in [0.25, 0.3) is 0 Å². The highest BCUT2D eigenvalue weighted by atomic mass is 16.2. The monoisotopic (exact) mass is 257 g/mol. The molecule has 0 amide bonds. The summed E-state index contributed by atoms with van der Waals surface area (Å²) >= 11 is 0. The van der Waals surface area contributed by atoms with Crippen LogP contribution in [0.25, 0.3) is 0 Å². The number of carbonyl (C=O) groups is 1. The van der Waals surface area contributed by atoms with Crippen LogP contribution < -0.4 is 5.69 Å². The van der Waals surface area contributed by atoms with Gasteiger partial charge < -0.3 is 0 Å². The lowest BCUT2D eigenvalue weighted by atomic mass is 10.1. The Kier molecular flexibility index (Phi) is 3.03. The van der Waals surface area contributed by atoms with E-state index in [0.717, 1.165) is 25.1 Å². The standard InChI is InChI=1S/C14H15N3O2/c18-12(11-6-2-1-3-7-11)10-17-14(19)16-9-5-4-8-13(16)15-17/h1-3,6-7H,4-5,8-10H2. The summed E-state index contributed by atoms with van der Waals surface area (Å²) in [5.74, 6) is 0.718. The van der Waals surface area contributed by atoms with Crippen molar-refractivity contribution in [3.8, 4) is 0 Å². The molecule has 19 heavy (non-hydrogen) atoms. The number of hydrogen-bond acceptors (Lipinski definition) is 3. The lowest BCUT2D eigenvalue weighted by Gasteiger charge is -2.09. The molecule has 0 saturated heterocycles. The molecule has 0 spiro atoms. The van der Waals surface area contributed by atoms with E-state index in [-0.39, 0.29) is 18.0 Å². The second-order valence-corrected chi connectivity index (χ2v) is 4.75. The normalized spacial score (nSPS) is 14.1. The molecule has 0 saturated carbocycles. The average molecular weight is 257 g/mol. The third-order valence-corrected chi connectivity index (χ3v) is 3.42. The van der Waals surface area contributed by atoms with Crippen LogP contribution in [0.3, 0.4) is 0 Å². The molecule has 5 nitrogen and oxygen atoms in total. The van der Waals surface area contributed by atoms with Gasteiger partial charge >= 0.3 is 5.69 Å². The van der Waals surface area contributed by atoms with Gasteiger partial charge in [-0.3, -0.25) is 9.36 Å². The molecule has 98 valence electrons. The highest BCUT2D eigenvalue weighted by Crippen LogP contribution is 2.09. The van der Waals surface area contributed by atoms with Crippen LogP contribution in [-0.2, 0) is 19.5 Å². The first-order valence-corrected chi connectivity index (χ1v) is 6.50. The second-order valence-electron chi connectivity index (χ2n) is 4.75. The largest absolute Gasteiger partial charge is 0.346 e. The number of benzene rings is 1. The van der Waals surface area contributed by atoms with Crippen molar-refractivity contribution in [2.75, 3.05) is 0 Å². The Morgan fingerprint density at radius 1 is 1.21 bits per heavy atom. The first kappa shape index (κ1) is 11.9. The number of Topliss-reactive ketones (excluding diaryl/α,β-unsaturated/α-hetero) is 1. The number of hydrogen-bond donors (Lipinski definition) is 0. The minimum atomic E-state index is -0.168. The zero-order valence-corrected chi connectivity index (χ0v) is 10.6. The van der Waals surface area contributed by atoms with Crippen LogP contribution >= 0.6 is 0 Å². The van der Waals surface area contributed by atoms with E-state index in [1.165, 1.54) is 4.68 Å². The molecule has 0 aliphatic carbocycles. The Morgan fingerprint density at radius 2 is 2.00 bits per heavy atom. The van der Waals surface area contributed by atoms with Gasteiger partial charge in [-0.25, -0.2) is 9.48 Å². The van der Waals surface area contributed by atoms with E-state index in [9.17, 15) is 9.59 Å². The molecule has 0 fully saturated rings. The van der Waals surface area contributed by atoms with Crippen molar-refractivity contribution in [3.63, 3.8) is 0 Å². The Morgan fingerprint density at radius 3 is 2.74 bits per heavy atom. The van der Waals surface area contributed by atoms with Gasteiger partial charge in [-0.15, -0.1) is 0 Å². The number of fused-ring (bicyclic) bond motifs is 1. The molecule has 2 aromatic rings. The van der Waals surface area contributed by atoms with Gasteiger partial charge in [-0.2, -0.15) is 5.10 Å². The maximum atomic E-state index is 12.1. The number of ketones is 1. The minimum absolute atomic E-state index is 0.0167. The average Bonchev–Trinajstić information content (AvgIpc) is 2.77. The Balaban J connectivity index is 1.86. The molecule has 0 N–H and O–H groups in total. The summed E-state index contributed by atoms with van der Waals surface area (Å²) in [7, 11) is 0. The molecular weight excluding hydrogens is 242 g/mol. The summed E-state index contributed by atoms with van der Waals surface area (Å²) < 4.78 is 2.97. The number of rotatable bonds is 3. The maximum absolute atomic E-state index is 12.1. The first-order valence-electron chi connectivity index (χ1n) is 6.50. The van der Waals surface area contributed by atoms with Gasteiger partial charge in [0.1, 0.15) is 12.4 Å². The van der Waals surface area contributed by atoms with E-state index in [2.05, 4.69) is 5.10 Å². The third-order valence-electron chi connectivity index (χ3n) is 3.42. The van der Waals surface area contributed by atoms with E-state index in [1.807, 2.05) is 18.2 Å². The van der Waals surface area contributed by atoms with E-state index in [4.69, 9.17) is 0 Å². The van der Waals surface area contributed by atoms with E-state index in [1.54, 1.807) is 16.7 Å². The van der Waals surface area contributed by atoms with Crippen molar-refractivity contribution < 1.29 is 4.79 Å². The Bertz CT molecular complexity index is 655. The fourth-order valence-electron chi connectivity index (χ4n) is 2.40. The molecule has 1 aromatic heterocycles. The van der Waals surface area contributed by atoms with E-state index in [0.29, 0.717) is 12.1 Å². The number of aryl methyl sites for hydroxylation is 1. The molecule has 1 aliphatic heterocycles. The van der Waals surface area contributed by atoms with Crippen molar-refractivity contribution in [2.24, 2.45) is 0 Å².